The normalized spacial score (nSPS) is 10.1. The Morgan fingerprint density at radius 2 is 2.00 bits per heavy atom. The van der Waals surface area contributed by atoms with Crippen molar-refractivity contribution in [2.75, 3.05) is 0 Å². The van der Waals surface area contributed by atoms with Gasteiger partial charge < -0.3 is 9.15 Å². The Bertz CT molecular complexity index is 471. The van der Waals surface area contributed by atoms with Crippen LogP contribution in [0.3, 0.4) is 0 Å². The molecule has 0 saturated carbocycles. The molecule has 3 heteroatoms. The van der Waals surface area contributed by atoms with Crippen molar-refractivity contribution < 1.29 is 13.9 Å². The lowest BCUT2D eigenvalue weighted by atomic mass is 10.1. The molecule has 1 aromatic heterocycles. The number of furan rings is 1. The third-order valence-electron chi connectivity index (χ3n) is 2.21. The van der Waals surface area contributed by atoms with Crippen molar-refractivity contribution in [3.63, 3.8) is 0 Å². The molecule has 0 N–H and O–H groups in total. The Kier molecular flexibility index (Phi) is 3.05. The van der Waals surface area contributed by atoms with Crippen molar-refractivity contribution >= 4 is 5.97 Å². The predicted octanol–water partition coefficient (Wildman–Crippen LogP) is 3.26. The summed E-state index contributed by atoms with van der Waals surface area (Å²) in [5.41, 5.74) is 1.76. The van der Waals surface area contributed by atoms with Crippen LogP contribution in [-0.4, -0.2) is 5.97 Å². The van der Waals surface area contributed by atoms with Gasteiger partial charge in [0.05, 0.1) is 11.8 Å². The summed E-state index contributed by atoms with van der Waals surface area (Å²) in [6, 6.07) is 11.4. The molecule has 2 rings (SSSR count). The summed E-state index contributed by atoms with van der Waals surface area (Å²) in [7, 11) is 0. The van der Waals surface area contributed by atoms with Gasteiger partial charge in [0.1, 0.15) is 0 Å². The maximum absolute atomic E-state index is 11.2. The van der Waals surface area contributed by atoms with E-state index < -0.39 is 0 Å². The van der Waals surface area contributed by atoms with Gasteiger partial charge in [0.15, 0.2) is 0 Å². The monoisotopic (exact) mass is 216 g/mol. The maximum Gasteiger partial charge on any atom is 0.313 e. The molecule has 3 nitrogen and oxygen atoms in total. The Labute approximate surface area is 93.7 Å². The van der Waals surface area contributed by atoms with Gasteiger partial charge in [-0.05, 0) is 11.6 Å². The fourth-order valence-electron chi connectivity index (χ4n) is 1.38. The number of carbonyl (C=O) groups excluding carboxylic acids is 1. The molecule has 82 valence electrons. The van der Waals surface area contributed by atoms with E-state index in [0.717, 1.165) is 11.1 Å². The number of rotatable bonds is 3. The lowest BCUT2D eigenvalue weighted by molar-refractivity contribution is -0.135. The van der Waals surface area contributed by atoms with Gasteiger partial charge in [-0.2, -0.15) is 0 Å². The highest BCUT2D eigenvalue weighted by molar-refractivity contribution is 5.75. The van der Waals surface area contributed by atoms with E-state index in [-0.39, 0.29) is 11.9 Å². The van der Waals surface area contributed by atoms with Crippen molar-refractivity contribution in [3.8, 4) is 17.1 Å². The lowest BCUT2D eigenvalue weighted by Crippen LogP contribution is -2.05. The first-order valence-corrected chi connectivity index (χ1v) is 5.15. The van der Waals surface area contributed by atoms with Crippen LogP contribution in [-0.2, 0) is 4.79 Å². The Morgan fingerprint density at radius 1 is 1.25 bits per heavy atom. The highest BCUT2D eigenvalue weighted by Gasteiger charge is 2.12. The summed E-state index contributed by atoms with van der Waals surface area (Å²) in [5.74, 6) is -0.0369. The fraction of sp³-hybridized carbons (Fsp3) is 0.154. The van der Waals surface area contributed by atoms with E-state index >= 15 is 0 Å². The van der Waals surface area contributed by atoms with E-state index in [4.69, 9.17) is 9.15 Å². The molecule has 0 saturated heterocycles. The Balaban J connectivity index is 2.29. The van der Waals surface area contributed by atoms with Crippen molar-refractivity contribution in [3.05, 3.63) is 42.7 Å². The number of hydrogen-bond donors (Lipinski definition) is 0. The summed E-state index contributed by atoms with van der Waals surface area (Å²) in [6.45, 7) is 1.74. The first-order chi connectivity index (χ1) is 7.81. The Hall–Kier alpha value is -2.03. The van der Waals surface area contributed by atoms with E-state index in [2.05, 4.69) is 0 Å². The van der Waals surface area contributed by atoms with E-state index in [1.54, 1.807) is 13.0 Å². The van der Waals surface area contributed by atoms with Crippen LogP contribution in [0.1, 0.15) is 13.3 Å². The minimum absolute atomic E-state index is 0.262. The van der Waals surface area contributed by atoms with Gasteiger partial charge in [0, 0.05) is 6.42 Å². The average Bonchev–Trinajstić information content (AvgIpc) is 2.78. The Morgan fingerprint density at radius 3 is 2.69 bits per heavy atom. The average molecular weight is 216 g/mol. The second kappa shape index (κ2) is 4.66. The van der Waals surface area contributed by atoms with Gasteiger partial charge in [0.2, 0.25) is 0 Å². The fourth-order valence-corrected chi connectivity index (χ4v) is 1.38. The minimum atomic E-state index is -0.299. The molecule has 1 heterocycles. The zero-order valence-corrected chi connectivity index (χ0v) is 8.97. The number of carbonyl (C=O) groups is 1. The summed E-state index contributed by atoms with van der Waals surface area (Å²) in [6.07, 6.45) is 1.84. The van der Waals surface area contributed by atoms with Gasteiger partial charge in [-0.15, -0.1) is 0 Å². The van der Waals surface area contributed by atoms with E-state index in [0.29, 0.717) is 6.42 Å². The molecule has 1 aromatic carbocycles. The van der Waals surface area contributed by atoms with Gasteiger partial charge >= 0.3 is 5.97 Å². The number of esters is 1. The summed E-state index contributed by atoms with van der Waals surface area (Å²) in [5, 5.41) is 0. The molecule has 0 aliphatic carbocycles. The number of ether oxygens (including phenoxy) is 1. The second-order valence-electron chi connectivity index (χ2n) is 3.32. The first kappa shape index (κ1) is 10.5. The molecule has 0 unspecified atom stereocenters. The molecule has 16 heavy (non-hydrogen) atoms. The summed E-state index contributed by atoms with van der Waals surface area (Å²) >= 11 is 0. The summed E-state index contributed by atoms with van der Waals surface area (Å²) < 4.78 is 10.2. The van der Waals surface area contributed by atoms with Crippen LogP contribution in [0, 0.1) is 0 Å². The number of benzene rings is 1. The molecule has 0 atom stereocenters. The van der Waals surface area contributed by atoms with Crippen LogP contribution >= 0.6 is 0 Å². The molecule has 0 bridgehead atoms. The molecule has 0 amide bonds. The van der Waals surface area contributed by atoms with Crippen LogP contribution in [0.2, 0.25) is 0 Å². The molecular formula is C13H12O3. The van der Waals surface area contributed by atoms with E-state index in [1.807, 2.05) is 30.3 Å². The van der Waals surface area contributed by atoms with Crippen LogP contribution in [0.5, 0.6) is 5.95 Å². The highest BCUT2D eigenvalue weighted by Crippen LogP contribution is 2.31. The smallest absolute Gasteiger partial charge is 0.313 e. The van der Waals surface area contributed by atoms with Gasteiger partial charge in [0.25, 0.3) is 5.95 Å². The van der Waals surface area contributed by atoms with Crippen molar-refractivity contribution in [1.82, 2.24) is 0 Å². The zero-order valence-electron chi connectivity index (χ0n) is 8.97. The molecule has 0 fully saturated rings. The molecular weight excluding hydrogens is 204 g/mol. The van der Waals surface area contributed by atoms with Crippen LogP contribution < -0.4 is 4.74 Å². The SMILES string of the molecule is CCC(=O)Oc1occc1-c1ccccc1. The largest absolute Gasteiger partial charge is 0.433 e. The maximum atomic E-state index is 11.2. The van der Waals surface area contributed by atoms with E-state index in [9.17, 15) is 4.79 Å². The summed E-state index contributed by atoms with van der Waals surface area (Å²) in [4.78, 5) is 11.2. The standard InChI is InChI=1S/C13H12O3/c1-2-12(14)16-13-11(8-9-15-13)10-6-4-3-5-7-10/h3-9H,2H2,1H3. The van der Waals surface area contributed by atoms with Crippen molar-refractivity contribution in [2.24, 2.45) is 0 Å². The molecule has 0 spiro atoms. The highest BCUT2D eigenvalue weighted by atomic mass is 16.6. The van der Waals surface area contributed by atoms with Crippen LogP contribution in [0.4, 0.5) is 0 Å². The quantitative estimate of drug-likeness (QED) is 0.739. The minimum Gasteiger partial charge on any atom is -0.433 e. The van der Waals surface area contributed by atoms with Gasteiger partial charge in [-0.25, -0.2) is 0 Å². The van der Waals surface area contributed by atoms with Crippen LogP contribution in [0.25, 0.3) is 11.1 Å². The number of hydrogen-bond acceptors (Lipinski definition) is 3. The third-order valence-corrected chi connectivity index (χ3v) is 2.21. The zero-order chi connectivity index (χ0) is 11.4. The third kappa shape index (κ3) is 2.14. The van der Waals surface area contributed by atoms with Gasteiger partial charge in [-0.1, -0.05) is 37.3 Å². The first-order valence-electron chi connectivity index (χ1n) is 5.15. The van der Waals surface area contributed by atoms with Crippen molar-refractivity contribution in [1.29, 1.82) is 0 Å². The second-order valence-corrected chi connectivity index (χ2v) is 3.32. The lowest BCUT2D eigenvalue weighted by Gasteiger charge is -2.02. The van der Waals surface area contributed by atoms with E-state index in [1.165, 1.54) is 6.26 Å². The molecule has 0 radical (unpaired) electrons. The predicted molar refractivity (Wildman–Crippen MR) is 60.1 cm³/mol. The topological polar surface area (TPSA) is 39.4 Å². The van der Waals surface area contributed by atoms with Gasteiger partial charge in [-0.3, -0.25) is 4.79 Å². The van der Waals surface area contributed by atoms with Crippen LogP contribution in [0.15, 0.2) is 47.1 Å². The molecule has 2 aromatic rings. The molecule has 0 aliphatic heterocycles. The molecule has 0 aliphatic rings. The van der Waals surface area contributed by atoms with Crippen molar-refractivity contribution in [2.45, 2.75) is 13.3 Å².